The van der Waals surface area contributed by atoms with Crippen molar-refractivity contribution in [3.8, 4) is 0 Å². The van der Waals surface area contributed by atoms with E-state index < -0.39 is 0 Å². The molecule has 0 spiro atoms. The third-order valence-corrected chi connectivity index (χ3v) is 4.38. The molecular formula is C12H19ClN2S. The van der Waals surface area contributed by atoms with Crippen LogP contribution in [0.15, 0.2) is 11.4 Å². The second-order valence-electron chi connectivity index (χ2n) is 4.68. The van der Waals surface area contributed by atoms with Gasteiger partial charge in [0.2, 0.25) is 0 Å². The van der Waals surface area contributed by atoms with E-state index in [1.165, 1.54) is 12.1 Å². The number of nitrogens with two attached hydrogens (primary N) is 1. The van der Waals surface area contributed by atoms with Gasteiger partial charge in [-0.1, -0.05) is 18.5 Å². The Morgan fingerprint density at radius 1 is 1.56 bits per heavy atom. The maximum atomic E-state index is 6.08. The van der Waals surface area contributed by atoms with Gasteiger partial charge in [0.05, 0.1) is 4.34 Å². The van der Waals surface area contributed by atoms with Crippen molar-refractivity contribution >= 4 is 22.9 Å². The van der Waals surface area contributed by atoms with Crippen LogP contribution in [0.4, 0.5) is 0 Å². The normalized spacial score (nSPS) is 27.2. The molecule has 1 aliphatic rings. The number of likely N-dealkylation sites (N-methyl/N-ethyl adjacent to an activating group) is 1. The zero-order valence-electron chi connectivity index (χ0n) is 9.66. The van der Waals surface area contributed by atoms with Gasteiger partial charge in [0, 0.05) is 19.1 Å². The second-order valence-corrected chi connectivity index (χ2v) is 6.22. The Bertz CT molecular complexity index is 340. The van der Waals surface area contributed by atoms with Crippen LogP contribution in [-0.2, 0) is 6.42 Å². The lowest BCUT2D eigenvalue weighted by Gasteiger charge is -2.35. The minimum atomic E-state index is 0.341. The molecule has 2 rings (SSSR count). The van der Waals surface area contributed by atoms with Crippen molar-refractivity contribution in [1.29, 1.82) is 0 Å². The van der Waals surface area contributed by atoms with Crippen LogP contribution < -0.4 is 5.73 Å². The number of likely N-dealkylation sites (tertiary alicyclic amines) is 1. The van der Waals surface area contributed by atoms with Crippen LogP contribution >= 0.6 is 22.9 Å². The summed E-state index contributed by atoms with van der Waals surface area (Å²) in [5.41, 5.74) is 7.45. The largest absolute Gasteiger partial charge is 0.327 e. The lowest BCUT2D eigenvalue weighted by Crippen LogP contribution is -2.47. The zero-order chi connectivity index (χ0) is 11.5. The summed E-state index contributed by atoms with van der Waals surface area (Å²) in [7, 11) is 0. The quantitative estimate of drug-likeness (QED) is 0.903. The SMILES string of the molecule is CCN1CC(N)CC(Cc2csc(Cl)c2)C1. The van der Waals surface area contributed by atoms with Crippen molar-refractivity contribution in [1.82, 2.24) is 4.90 Å². The Hall–Kier alpha value is -0.0900. The molecule has 1 aromatic rings. The van der Waals surface area contributed by atoms with Crippen LogP contribution in [0.2, 0.25) is 4.34 Å². The van der Waals surface area contributed by atoms with E-state index in [9.17, 15) is 0 Å². The molecular weight excluding hydrogens is 240 g/mol. The number of halogens is 1. The first-order valence-corrected chi connectivity index (χ1v) is 7.14. The van der Waals surface area contributed by atoms with E-state index in [0.717, 1.165) is 30.3 Å². The van der Waals surface area contributed by atoms with Gasteiger partial charge in [-0.2, -0.15) is 0 Å². The third-order valence-electron chi connectivity index (χ3n) is 3.24. The monoisotopic (exact) mass is 258 g/mol. The van der Waals surface area contributed by atoms with Gasteiger partial charge < -0.3 is 10.6 Å². The molecule has 2 nitrogen and oxygen atoms in total. The highest BCUT2D eigenvalue weighted by molar-refractivity contribution is 7.14. The molecule has 1 saturated heterocycles. The van der Waals surface area contributed by atoms with Crippen LogP contribution in [0.5, 0.6) is 0 Å². The van der Waals surface area contributed by atoms with E-state index in [2.05, 4.69) is 23.3 Å². The molecule has 1 aromatic heterocycles. The van der Waals surface area contributed by atoms with Crippen LogP contribution in [-0.4, -0.2) is 30.6 Å². The van der Waals surface area contributed by atoms with Crippen molar-refractivity contribution < 1.29 is 0 Å². The van der Waals surface area contributed by atoms with Crippen LogP contribution in [0.3, 0.4) is 0 Å². The molecule has 4 heteroatoms. The molecule has 2 heterocycles. The summed E-state index contributed by atoms with van der Waals surface area (Å²) in [6.07, 6.45) is 2.26. The predicted molar refractivity (Wildman–Crippen MR) is 71.2 cm³/mol. The van der Waals surface area contributed by atoms with Gasteiger partial charge in [-0.25, -0.2) is 0 Å². The average molecular weight is 259 g/mol. The number of piperidine rings is 1. The van der Waals surface area contributed by atoms with E-state index in [4.69, 9.17) is 17.3 Å². The third kappa shape index (κ3) is 3.20. The lowest BCUT2D eigenvalue weighted by atomic mass is 9.90. The fourth-order valence-corrected chi connectivity index (χ4v) is 3.46. The van der Waals surface area contributed by atoms with E-state index in [1.807, 2.05) is 0 Å². The van der Waals surface area contributed by atoms with Gasteiger partial charge in [-0.05, 0) is 42.3 Å². The Labute approximate surface area is 106 Å². The molecule has 2 N–H and O–H groups in total. The summed E-state index contributed by atoms with van der Waals surface area (Å²) in [5.74, 6) is 0.689. The molecule has 16 heavy (non-hydrogen) atoms. The molecule has 1 aliphatic heterocycles. The summed E-state index contributed by atoms with van der Waals surface area (Å²) in [4.78, 5) is 2.45. The molecule has 0 aromatic carbocycles. The highest BCUT2D eigenvalue weighted by atomic mass is 35.5. The number of thiophene rings is 1. The average Bonchev–Trinajstić information content (AvgIpc) is 2.63. The van der Waals surface area contributed by atoms with Crippen LogP contribution in [0.25, 0.3) is 0 Å². The van der Waals surface area contributed by atoms with Crippen molar-refractivity contribution in [3.63, 3.8) is 0 Å². The van der Waals surface area contributed by atoms with Gasteiger partial charge in [-0.15, -0.1) is 11.3 Å². The zero-order valence-corrected chi connectivity index (χ0v) is 11.2. The maximum Gasteiger partial charge on any atom is 0.0931 e. The number of hydrogen-bond donors (Lipinski definition) is 1. The Balaban J connectivity index is 1.93. The van der Waals surface area contributed by atoms with Crippen molar-refractivity contribution in [2.45, 2.75) is 25.8 Å². The summed E-state index contributed by atoms with van der Waals surface area (Å²) < 4.78 is 0.891. The summed E-state index contributed by atoms with van der Waals surface area (Å²) in [6.45, 7) is 5.54. The highest BCUT2D eigenvalue weighted by Crippen LogP contribution is 2.25. The molecule has 2 unspecified atom stereocenters. The van der Waals surface area contributed by atoms with E-state index in [0.29, 0.717) is 12.0 Å². The lowest BCUT2D eigenvalue weighted by molar-refractivity contribution is 0.163. The number of hydrogen-bond acceptors (Lipinski definition) is 3. The van der Waals surface area contributed by atoms with Crippen LogP contribution in [0, 0.1) is 5.92 Å². The molecule has 0 saturated carbocycles. The smallest absolute Gasteiger partial charge is 0.0931 e. The molecule has 0 bridgehead atoms. The molecule has 1 fully saturated rings. The topological polar surface area (TPSA) is 29.3 Å². The summed E-state index contributed by atoms with van der Waals surface area (Å²) in [6, 6.07) is 2.43. The van der Waals surface area contributed by atoms with Gasteiger partial charge in [0.15, 0.2) is 0 Å². The number of nitrogens with zero attached hydrogens (tertiary/aromatic N) is 1. The number of rotatable bonds is 3. The maximum absolute atomic E-state index is 6.08. The molecule has 0 radical (unpaired) electrons. The van der Waals surface area contributed by atoms with Gasteiger partial charge >= 0.3 is 0 Å². The Morgan fingerprint density at radius 3 is 3.00 bits per heavy atom. The molecule has 2 atom stereocenters. The van der Waals surface area contributed by atoms with Gasteiger partial charge in [-0.3, -0.25) is 0 Å². The fourth-order valence-electron chi connectivity index (χ4n) is 2.54. The fraction of sp³-hybridized carbons (Fsp3) is 0.667. The van der Waals surface area contributed by atoms with E-state index in [1.54, 1.807) is 11.3 Å². The minimum absolute atomic E-state index is 0.341. The Morgan fingerprint density at radius 2 is 2.38 bits per heavy atom. The Kier molecular flexibility index (Phi) is 4.25. The van der Waals surface area contributed by atoms with Crippen molar-refractivity contribution in [2.75, 3.05) is 19.6 Å². The molecule has 0 amide bonds. The standard InChI is InChI=1S/C12H19ClN2S/c1-2-15-6-9(4-11(14)7-15)3-10-5-12(13)16-8-10/h5,8-9,11H,2-4,6-7,14H2,1H3. The summed E-state index contributed by atoms with van der Waals surface area (Å²) >= 11 is 7.57. The highest BCUT2D eigenvalue weighted by Gasteiger charge is 2.24. The second kappa shape index (κ2) is 5.50. The van der Waals surface area contributed by atoms with E-state index in [-0.39, 0.29) is 0 Å². The predicted octanol–water partition coefficient (Wildman–Crippen LogP) is 2.61. The molecule has 0 aliphatic carbocycles. The molecule has 90 valence electrons. The van der Waals surface area contributed by atoms with Crippen molar-refractivity contribution in [2.24, 2.45) is 11.7 Å². The minimum Gasteiger partial charge on any atom is -0.327 e. The van der Waals surface area contributed by atoms with Crippen molar-refractivity contribution in [3.05, 3.63) is 21.3 Å². The van der Waals surface area contributed by atoms with Gasteiger partial charge in [0.1, 0.15) is 0 Å². The first-order valence-electron chi connectivity index (χ1n) is 5.88. The summed E-state index contributed by atoms with van der Waals surface area (Å²) in [5, 5.41) is 2.17. The van der Waals surface area contributed by atoms with E-state index >= 15 is 0 Å². The first kappa shape index (κ1) is 12.4. The first-order chi connectivity index (χ1) is 7.67. The van der Waals surface area contributed by atoms with Crippen LogP contribution in [0.1, 0.15) is 18.9 Å². The van der Waals surface area contributed by atoms with Gasteiger partial charge in [0.25, 0.3) is 0 Å².